The monoisotopic (exact) mass is 407 g/mol. The summed E-state index contributed by atoms with van der Waals surface area (Å²) in [5.41, 5.74) is 6.84. The van der Waals surface area contributed by atoms with Crippen LogP contribution in [0.1, 0.15) is 11.1 Å². The van der Waals surface area contributed by atoms with Crippen LogP contribution in [0.3, 0.4) is 0 Å². The van der Waals surface area contributed by atoms with Crippen LogP contribution >= 0.6 is 0 Å². The minimum atomic E-state index is -1.15. The largest absolute Gasteiger partial charge is 0.480 e. The first-order chi connectivity index (χ1) is 14.3. The molecule has 3 aromatic rings. The van der Waals surface area contributed by atoms with Crippen LogP contribution in [-0.4, -0.2) is 38.0 Å². The van der Waals surface area contributed by atoms with Crippen LogP contribution < -0.4 is 16.7 Å². The standard InChI is InChI=1S/C21H21N5O4/c22-19(23)15-6-8-16(9-7-15)26-11-10-25(21(26)30)13-18(27)24-17(20(28)29)12-14-4-2-1-3-5-14/h1-11,17H,12-13H2,(H3,22,23)(H,24,27)(H,28,29). The fraction of sp³-hybridized carbons (Fsp3) is 0.143. The topological polar surface area (TPSA) is 143 Å². The molecule has 9 heteroatoms. The van der Waals surface area contributed by atoms with E-state index in [1.54, 1.807) is 48.5 Å². The Morgan fingerprint density at radius 2 is 1.73 bits per heavy atom. The number of nitrogens with zero attached hydrogens (tertiary/aromatic N) is 2. The summed E-state index contributed by atoms with van der Waals surface area (Å²) < 4.78 is 2.53. The maximum Gasteiger partial charge on any atom is 0.333 e. The highest BCUT2D eigenvalue weighted by atomic mass is 16.4. The lowest BCUT2D eigenvalue weighted by Crippen LogP contribution is -2.44. The first-order valence-electron chi connectivity index (χ1n) is 9.14. The van der Waals surface area contributed by atoms with E-state index in [-0.39, 0.29) is 18.8 Å². The molecule has 0 fully saturated rings. The van der Waals surface area contributed by atoms with E-state index >= 15 is 0 Å². The first-order valence-corrected chi connectivity index (χ1v) is 9.14. The molecule has 0 bridgehead atoms. The van der Waals surface area contributed by atoms with Crippen LogP contribution in [0.15, 0.2) is 71.8 Å². The number of nitrogens with one attached hydrogen (secondary N) is 2. The average Bonchev–Trinajstić information content (AvgIpc) is 3.08. The van der Waals surface area contributed by atoms with E-state index in [2.05, 4.69) is 5.32 Å². The molecule has 0 aliphatic heterocycles. The molecule has 1 amide bonds. The van der Waals surface area contributed by atoms with E-state index in [0.29, 0.717) is 11.3 Å². The predicted octanol–water partition coefficient (Wildman–Crippen LogP) is 0.735. The Kier molecular flexibility index (Phi) is 6.11. The third kappa shape index (κ3) is 4.82. The van der Waals surface area contributed by atoms with Crippen molar-refractivity contribution < 1.29 is 14.7 Å². The van der Waals surface area contributed by atoms with Gasteiger partial charge >= 0.3 is 11.7 Å². The quantitative estimate of drug-likeness (QED) is 0.322. The summed E-state index contributed by atoms with van der Waals surface area (Å²) in [6.07, 6.45) is 3.10. The Balaban J connectivity index is 1.70. The normalized spacial score (nSPS) is 11.6. The maximum atomic E-state index is 12.6. The molecule has 1 unspecified atom stereocenters. The van der Waals surface area contributed by atoms with E-state index < -0.39 is 23.6 Å². The van der Waals surface area contributed by atoms with Gasteiger partial charge in [0, 0.05) is 24.4 Å². The number of aromatic nitrogens is 2. The molecule has 3 rings (SSSR count). The molecule has 1 atom stereocenters. The minimum absolute atomic E-state index is 0.0772. The summed E-state index contributed by atoms with van der Waals surface area (Å²) in [6, 6.07) is 14.4. The number of nitrogens with two attached hydrogens (primary N) is 1. The third-order valence-corrected chi connectivity index (χ3v) is 4.53. The lowest BCUT2D eigenvalue weighted by molar-refractivity contribution is -0.141. The number of carbonyl (C=O) groups excluding carboxylic acids is 1. The number of imidazole rings is 1. The number of amides is 1. The van der Waals surface area contributed by atoms with Crippen LogP contribution in [-0.2, 0) is 22.6 Å². The molecular formula is C21H21N5O4. The van der Waals surface area contributed by atoms with Crippen molar-refractivity contribution in [3.8, 4) is 5.69 Å². The van der Waals surface area contributed by atoms with Gasteiger partial charge in [0.1, 0.15) is 18.4 Å². The Labute approximate surface area is 171 Å². The van der Waals surface area contributed by atoms with Crippen LogP contribution in [0.4, 0.5) is 0 Å². The van der Waals surface area contributed by atoms with Crippen molar-refractivity contribution in [3.05, 3.63) is 88.6 Å². The van der Waals surface area contributed by atoms with Crippen molar-refractivity contribution in [1.82, 2.24) is 14.5 Å². The zero-order valence-corrected chi connectivity index (χ0v) is 16.0. The van der Waals surface area contributed by atoms with Gasteiger partial charge in [-0.1, -0.05) is 30.3 Å². The molecule has 30 heavy (non-hydrogen) atoms. The highest BCUT2D eigenvalue weighted by molar-refractivity contribution is 5.95. The van der Waals surface area contributed by atoms with Crippen LogP contribution in [0.25, 0.3) is 5.69 Å². The lowest BCUT2D eigenvalue weighted by atomic mass is 10.1. The molecule has 0 aliphatic rings. The number of benzene rings is 2. The van der Waals surface area contributed by atoms with Gasteiger partial charge in [-0.15, -0.1) is 0 Å². The first kappa shape index (κ1) is 20.6. The molecule has 1 heterocycles. The maximum absolute atomic E-state index is 12.6. The number of rotatable bonds is 8. The number of hydrogen-bond acceptors (Lipinski definition) is 4. The number of hydrogen-bond donors (Lipinski definition) is 4. The van der Waals surface area contributed by atoms with Gasteiger partial charge in [-0.25, -0.2) is 9.59 Å². The molecule has 154 valence electrons. The predicted molar refractivity (Wildman–Crippen MR) is 111 cm³/mol. The molecule has 0 saturated heterocycles. The van der Waals surface area contributed by atoms with Crippen molar-refractivity contribution in [2.24, 2.45) is 5.73 Å². The average molecular weight is 407 g/mol. The van der Waals surface area contributed by atoms with Crippen molar-refractivity contribution >= 4 is 17.7 Å². The van der Waals surface area contributed by atoms with Crippen molar-refractivity contribution in [2.75, 3.05) is 0 Å². The molecule has 0 spiro atoms. The summed E-state index contributed by atoms with van der Waals surface area (Å²) in [5, 5.41) is 19.3. The number of aliphatic carboxylic acids is 1. The molecule has 2 aromatic carbocycles. The van der Waals surface area contributed by atoms with E-state index in [1.807, 2.05) is 6.07 Å². The third-order valence-electron chi connectivity index (χ3n) is 4.53. The Morgan fingerprint density at radius 3 is 2.33 bits per heavy atom. The van der Waals surface area contributed by atoms with E-state index in [1.165, 1.54) is 21.5 Å². The van der Waals surface area contributed by atoms with Gasteiger partial charge in [-0.2, -0.15) is 0 Å². The summed E-state index contributed by atoms with van der Waals surface area (Å²) in [6.45, 7) is -0.310. The van der Waals surface area contributed by atoms with Gasteiger partial charge in [0.25, 0.3) is 0 Å². The minimum Gasteiger partial charge on any atom is -0.480 e. The van der Waals surface area contributed by atoms with Crippen molar-refractivity contribution in [3.63, 3.8) is 0 Å². The van der Waals surface area contributed by atoms with Gasteiger partial charge < -0.3 is 16.2 Å². The Hall–Kier alpha value is -4.14. The zero-order chi connectivity index (χ0) is 21.7. The second-order valence-electron chi connectivity index (χ2n) is 6.69. The fourth-order valence-corrected chi connectivity index (χ4v) is 2.98. The van der Waals surface area contributed by atoms with Crippen LogP contribution in [0.5, 0.6) is 0 Å². The van der Waals surface area contributed by atoms with Crippen LogP contribution in [0, 0.1) is 5.41 Å². The summed E-state index contributed by atoms with van der Waals surface area (Å²) in [4.78, 5) is 36.5. The number of carbonyl (C=O) groups is 2. The van der Waals surface area contributed by atoms with E-state index in [4.69, 9.17) is 11.1 Å². The molecule has 5 N–H and O–H groups in total. The van der Waals surface area contributed by atoms with Gasteiger partial charge in [0.05, 0.1) is 5.69 Å². The number of amidine groups is 1. The summed E-state index contributed by atoms with van der Waals surface area (Å²) >= 11 is 0. The van der Waals surface area contributed by atoms with Gasteiger partial charge in [-0.3, -0.25) is 19.3 Å². The number of carboxylic acids is 1. The zero-order valence-electron chi connectivity index (χ0n) is 16.0. The van der Waals surface area contributed by atoms with Gasteiger partial charge in [-0.05, 0) is 29.8 Å². The molecule has 1 aromatic heterocycles. The van der Waals surface area contributed by atoms with Gasteiger partial charge in [0.2, 0.25) is 5.91 Å². The van der Waals surface area contributed by atoms with Crippen LogP contribution in [0.2, 0.25) is 0 Å². The fourth-order valence-electron chi connectivity index (χ4n) is 2.98. The Morgan fingerprint density at radius 1 is 1.07 bits per heavy atom. The van der Waals surface area contributed by atoms with Gasteiger partial charge in [0.15, 0.2) is 0 Å². The number of carboxylic acid groups (broad SMARTS) is 1. The molecule has 0 radical (unpaired) electrons. The Bertz CT molecular complexity index is 1120. The molecular weight excluding hydrogens is 386 g/mol. The van der Waals surface area contributed by atoms with E-state index in [0.717, 1.165) is 5.56 Å². The SMILES string of the molecule is N=C(N)c1ccc(-n2ccn(CC(=O)NC(Cc3ccccc3)C(=O)O)c2=O)cc1. The smallest absolute Gasteiger partial charge is 0.333 e. The highest BCUT2D eigenvalue weighted by Crippen LogP contribution is 2.08. The summed E-state index contributed by atoms with van der Waals surface area (Å²) in [7, 11) is 0. The second kappa shape index (κ2) is 8.91. The van der Waals surface area contributed by atoms with E-state index in [9.17, 15) is 19.5 Å². The molecule has 9 nitrogen and oxygen atoms in total. The summed E-state index contributed by atoms with van der Waals surface area (Å²) in [5.74, 6) is -1.81. The molecule has 0 saturated carbocycles. The second-order valence-corrected chi connectivity index (χ2v) is 6.69. The van der Waals surface area contributed by atoms with Crippen molar-refractivity contribution in [1.29, 1.82) is 5.41 Å². The lowest BCUT2D eigenvalue weighted by Gasteiger charge is -2.14. The van der Waals surface area contributed by atoms with Crippen molar-refractivity contribution in [2.45, 2.75) is 19.0 Å². The number of nitrogen functional groups attached to an aromatic ring is 1. The molecule has 0 aliphatic carbocycles. The highest BCUT2D eigenvalue weighted by Gasteiger charge is 2.21.